The molecule has 0 radical (unpaired) electrons. The zero-order valence-electron chi connectivity index (χ0n) is 16.9. The van der Waals surface area contributed by atoms with Crippen LogP contribution in [0.25, 0.3) is 11.0 Å². The number of ether oxygens (including phenoxy) is 1. The number of benzene rings is 2. The van der Waals surface area contributed by atoms with Crippen molar-refractivity contribution < 1.29 is 13.9 Å². The Morgan fingerprint density at radius 2 is 1.90 bits per heavy atom. The van der Waals surface area contributed by atoms with Gasteiger partial charge in [-0.2, -0.15) is 0 Å². The third kappa shape index (κ3) is 3.94. The van der Waals surface area contributed by atoms with Gasteiger partial charge in [-0.3, -0.25) is 9.59 Å². The van der Waals surface area contributed by atoms with Crippen molar-refractivity contribution in [3.8, 4) is 5.75 Å². The molecule has 0 fully saturated rings. The molecule has 2 aromatic heterocycles. The molecule has 2 heterocycles. The number of methoxy groups -OCH3 is 1. The molecule has 156 valence electrons. The van der Waals surface area contributed by atoms with E-state index in [1.165, 1.54) is 25.4 Å². The number of hydrogen-bond donors (Lipinski definition) is 0. The van der Waals surface area contributed by atoms with Crippen molar-refractivity contribution in [1.82, 2.24) is 9.55 Å². The predicted molar refractivity (Wildman–Crippen MR) is 118 cm³/mol. The van der Waals surface area contributed by atoms with E-state index in [4.69, 9.17) is 16.3 Å². The molecule has 7 heteroatoms. The minimum atomic E-state index is -0.455. The summed E-state index contributed by atoms with van der Waals surface area (Å²) in [6.07, 6.45) is 1.48. The van der Waals surface area contributed by atoms with Gasteiger partial charge in [0.15, 0.2) is 0 Å². The normalized spacial score (nSPS) is 11.0. The molecule has 31 heavy (non-hydrogen) atoms. The van der Waals surface area contributed by atoms with E-state index >= 15 is 0 Å². The fourth-order valence-corrected chi connectivity index (χ4v) is 3.68. The predicted octanol–water partition coefficient (Wildman–Crippen LogP) is 4.79. The molecular weight excluding hydrogens is 419 g/mol. The monoisotopic (exact) mass is 436 g/mol. The van der Waals surface area contributed by atoms with Gasteiger partial charge >= 0.3 is 0 Å². The van der Waals surface area contributed by atoms with Crippen molar-refractivity contribution in [3.63, 3.8) is 0 Å². The van der Waals surface area contributed by atoms with E-state index in [1.54, 1.807) is 47.0 Å². The summed E-state index contributed by atoms with van der Waals surface area (Å²) in [6.45, 7) is 2.02. The van der Waals surface area contributed by atoms with Gasteiger partial charge in [0.05, 0.1) is 30.2 Å². The number of hydrogen-bond acceptors (Lipinski definition) is 4. The highest BCUT2D eigenvalue weighted by Gasteiger charge is 2.21. The summed E-state index contributed by atoms with van der Waals surface area (Å²) in [4.78, 5) is 31.0. The number of carbonyl (C=O) groups excluding carboxylic acids is 1. The minimum Gasteiger partial charge on any atom is -0.496 e. The second-order valence-corrected chi connectivity index (χ2v) is 7.50. The van der Waals surface area contributed by atoms with Gasteiger partial charge < -0.3 is 9.30 Å². The Morgan fingerprint density at radius 1 is 1.13 bits per heavy atom. The third-order valence-electron chi connectivity index (χ3n) is 5.01. The molecule has 0 atom stereocenters. The van der Waals surface area contributed by atoms with Crippen molar-refractivity contribution in [2.45, 2.75) is 13.5 Å². The highest BCUT2D eigenvalue weighted by molar-refractivity contribution is 6.31. The summed E-state index contributed by atoms with van der Waals surface area (Å²) in [5.41, 5.74) is 1.62. The van der Waals surface area contributed by atoms with E-state index in [0.29, 0.717) is 22.3 Å². The lowest BCUT2D eigenvalue weighted by atomic mass is 10.0. The molecule has 0 spiro atoms. The maximum atomic E-state index is 13.5. The lowest BCUT2D eigenvalue weighted by Crippen LogP contribution is -2.21. The summed E-state index contributed by atoms with van der Waals surface area (Å²) in [5.74, 6) is -0.523. The lowest BCUT2D eigenvalue weighted by Gasteiger charge is -2.14. The first-order valence-electron chi connectivity index (χ1n) is 9.51. The fourth-order valence-electron chi connectivity index (χ4n) is 3.45. The van der Waals surface area contributed by atoms with Crippen LogP contribution in [0.2, 0.25) is 5.02 Å². The standard InChI is InChI=1S/C24H18ClFN2O3/c1-14-7-10-18-23(30)19(22(29)17-5-3-4-6-21(17)31-2)13-28(24(18)27-14)12-15-8-9-16(26)11-20(15)25/h3-11,13H,12H2,1-2H3. The molecule has 2 aromatic carbocycles. The minimum absolute atomic E-state index is 0.0131. The molecule has 0 saturated carbocycles. The van der Waals surface area contributed by atoms with E-state index in [-0.39, 0.29) is 22.7 Å². The lowest BCUT2D eigenvalue weighted by molar-refractivity contribution is 0.103. The number of carbonyl (C=O) groups is 1. The number of aromatic nitrogens is 2. The second-order valence-electron chi connectivity index (χ2n) is 7.09. The van der Waals surface area contributed by atoms with Gasteiger partial charge in [0, 0.05) is 16.9 Å². The zero-order chi connectivity index (χ0) is 22.1. The first-order valence-corrected chi connectivity index (χ1v) is 9.89. The van der Waals surface area contributed by atoms with Crippen molar-refractivity contribution >= 4 is 28.4 Å². The number of para-hydroxylation sites is 1. The van der Waals surface area contributed by atoms with Gasteiger partial charge in [-0.05, 0) is 48.9 Å². The molecule has 0 aliphatic heterocycles. The Labute approximate surface area is 182 Å². The number of halogens is 2. The van der Waals surface area contributed by atoms with Crippen LogP contribution in [0.3, 0.4) is 0 Å². The SMILES string of the molecule is COc1ccccc1C(=O)c1cn(Cc2ccc(F)cc2Cl)c2nc(C)ccc2c1=O. The maximum Gasteiger partial charge on any atom is 0.202 e. The summed E-state index contributed by atoms with van der Waals surface area (Å²) in [6, 6.07) is 14.2. The highest BCUT2D eigenvalue weighted by atomic mass is 35.5. The molecule has 0 saturated heterocycles. The van der Waals surface area contributed by atoms with Crippen LogP contribution in [0.15, 0.2) is 65.6 Å². The average Bonchev–Trinajstić information content (AvgIpc) is 2.76. The largest absolute Gasteiger partial charge is 0.496 e. The number of fused-ring (bicyclic) bond motifs is 1. The summed E-state index contributed by atoms with van der Waals surface area (Å²) in [7, 11) is 1.47. The third-order valence-corrected chi connectivity index (χ3v) is 5.36. The van der Waals surface area contributed by atoms with Gasteiger partial charge in [0.1, 0.15) is 17.2 Å². The Kier molecular flexibility index (Phi) is 5.57. The Morgan fingerprint density at radius 3 is 2.65 bits per heavy atom. The quantitative estimate of drug-likeness (QED) is 0.422. The molecule has 0 aliphatic rings. The Balaban J connectivity index is 1.93. The second kappa shape index (κ2) is 8.32. The van der Waals surface area contributed by atoms with E-state index in [0.717, 1.165) is 5.69 Å². The number of rotatable bonds is 5. The number of aryl methyl sites for hydroxylation is 1. The van der Waals surface area contributed by atoms with E-state index in [1.807, 2.05) is 6.92 Å². The van der Waals surface area contributed by atoms with Crippen LogP contribution in [0.5, 0.6) is 5.75 Å². The van der Waals surface area contributed by atoms with Gasteiger partial charge in [0.2, 0.25) is 11.2 Å². The summed E-state index contributed by atoms with van der Waals surface area (Å²) in [5, 5.41) is 0.557. The molecule has 0 N–H and O–H groups in total. The molecule has 4 aromatic rings. The van der Waals surface area contributed by atoms with Crippen LogP contribution < -0.4 is 10.2 Å². The molecule has 0 aliphatic carbocycles. The smallest absolute Gasteiger partial charge is 0.202 e. The van der Waals surface area contributed by atoms with Crippen LogP contribution in [-0.2, 0) is 6.54 Å². The van der Waals surface area contributed by atoms with Gasteiger partial charge in [-0.1, -0.05) is 29.8 Å². The molecule has 0 bridgehead atoms. The van der Waals surface area contributed by atoms with Crippen LogP contribution >= 0.6 is 11.6 Å². The molecule has 5 nitrogen and oxygen atoms in total. The van der Waals surface area contributed by atoms with Crippen LogP contribution in [-0.4, -0.2) is 22.4 Å². The molecule has 0 unspecified atom stereocenters. The average molecular weight is 437 g/mol. The highest BCUT2D eigenvalue weighted by Crippen LogP contribution is 2.23. The van der Waals surface area contributed by atoms with Gasteiger partial charge in [-0.25, -0.2) is 9.37 Å². The first-order chi connectivity index (χ1) is 14.9. The number of ketones is 1. The molecule has 0 amide bonds. The maximum absolute atomic E-state index is 13.5. The molecule has 4 rings (SSSR count). The van der Waals surface area contributed by atoms with Crippen molar-refractivity contribution in [2.75, 3.05) is 7.11 Å². The first kappa shape index (κ1) is 20.8. The summed E-state index contributed by atoms with van der Waals surface area (Å²) >= 11 is 6.21. The van der Waals surface area contributed by atoms with Crippen molar-refractivity contribution in [3.05, 3.63) is 104 Å². The molecular formula is C24H18ClFN2O3. The van der Waals surface area contributed by atoms with Gasteiger partial charge in [-0.15, -0.1) is 0 Å². The van der Waals surface area contributed by atoms with E-state index in [2.05, 4.69) is 4.98 Å². The Bertz CT molecular complexity index is 1380. The van der Waals surface area contributed by atoms with Crippen molar-refractivity contribution in [2.24, 2.45) is 0 Å². The van der Waals surface area contributed by atoms with Crippen molar-refractivity contribution in [1.29, 1.82) is 0 Å². The topological polar surface area (TPSA) is 61.2 Å². The number of nitrogens with zero attached hydrogens (tertiary/aromatic N) is 2. The summed E-state index contributed by atoms with van der Waals surface area (Å²) < 4.78 is 20.4. The Hall–Kier alpha value is -3.51. The van der Waals surface area contributed by atoms with E-state index < -0.39 is 17.0 Å². The van der Waals surface area contributed by atoms with Crippen LogP contribution in [0, 0.1) is 12.7 Å². The van der Waals surface area contributed by atoms with E-state index in [9.17, 15) is 14.0 Å². The van der Waals surface area contributed by atoms with Gasteiger partial charge in [0.25, 0.3) is 0 Å². The van der Waals surface area contributed by atoms with Crippen LogP contribution in [0.4, 0.5) is 4.39 Å². The zero-order valence-corrected chi connectivity index (χ0v) is 17.6. The van der Waals surface area contributed by atoms with Crippen LogP contribution in [0.1, 0.15) is 27.2 Å². The fraction of sp³-hybridized carbons (Fsp3) is 0.125. The number of pyridine rings is 2.